The smallest absolute Gasteiger partial charge is 0.232 e. The van der Waals surface area contributed by atoms with Crippen molar-refractivity contribution in [2.45, 2.75) is 19.3 Å². The Hall–Kier alpha value is -2.57. The van der Waals surface area contributed by atoms with Gasteiger partial charge in [0.1, 0.15) is 5.69 Å². The molecule has 2 aromatic rings. The predicted octanol–water partition coefficient (Wildman–Crippen LogP) is 1.34. The zero-order chi connectivity index (χ0) is 14.8. The lowest BCUT2D eigenvalue weighted by molar-refractivity contribution is -0.127. The highest BCUT2D eigenvalue weighted by Gasteiger charge is 2.33. The lowest BCUT2D eigenvalue weighted by Crippen LogP contribution is -2.24. The van der Waals surface area contributed by atoms with Gasteiger partial charge in [-0.1, -0.05) is 11.2 Å². The Morgan fingerprint density at radius 3 is 3.05 bits per heavy atom. The van der Waals surface area contributed by atoms with Crippen LogP contribution in [0.15, 0.2) is 29.3 Å². The van der Waals surface area contributed by atoms with Crippen molar-refractivity contribution in [2.24, 2.45) is 0 Å². The Balaban J connectivity index is 1.78. The van der Waals surface area contributed by atoms with Crippen LogP contribution in [0.5, 0.6) is 0 Å². The number of carbonyl (C=O) groups excluding carboxylic acids is 1. The third-order valence-electron chi connectivity index (χ3n) is 3.38. The highest BCUT2D eigenvalue weighted by molar-refractivity contribution is 5.79. The molecule has 3 rings (SSSR count). The topological polar surface area (TPSA) is 85.0 Å². The number of rotatable bonds is 4. The quantitative estimate of drug-likeness (QED) is 0.788. The minimum Gasteiger partial charge on any atom is -0.339 e. The molecule has 0 saturated carbocycles. The Morgan fingerprint density at radius 2 is 2.33 bits per heavy atom. The fraction of sp³-hybridized carbons (Fsp3) is 0.357. The van der Waals surface area contributed by atoms with Gasteiger partial charge in [-0.3, -0.25) is 4.79 Å². The molecule has 7 heteroatoms. The average molecular weight is 285 g/mol. The molecule has 1 fully saturated rings. The zero-order valence-corrected chi connectivity index (χ0v) is 11.7. The van der Waals surface area contributed by atoms with Crippen LogP contribution in [0.1, 0.15) is 23.9 Å². The molecule has 0 unspecified atom stereocenters. The number of nitrogens with zero attached hydrogens (tertiary/aromatic N) is 5. The van der Waals surface area contributed by atoms with E-state index in [1.807, 2.05) is 13.0 Å². The summed E-state index contributed by atoms with van der Waals surface area (Å²) in [5.74, 6) is 0.867. The number of hydrogen-bond acceptors (Lipinski definition) is 6. The van der Waals surface area contributed by atoms with Gasteiger partial charge in [-0.25, -0.2) is 0 Å². The normalized spacial score (nSPS) is 18.2. The molecule has 0 bridgehead atoms. The van der Waals surface area contributed by atoms with Crippen LogP contribution >= 0.6 is 0 Å². The Morgan fingerprint density at radius 1 is 1.48 bits per heavy atom. The van der Waals surface area contributed by atoms with Crippen LogP contribution in [0.2, 0.25) is 0 Å². The Labute approximate surface area is 121 Å². The van der Waals surface area contributed by atoms with E-state index in [-0.39, 0.29) is 11.8 Å². The summed E-state index contributed by atoms with van der Waals surface area (Å²) >= 11 is 0. The first-order valence-corrected chi connectivity index (χ1v) is 6.70. The van der Waals surface area contributed by atoms with E-state index < -0.39 is 0 Å². The number of likely N-dealkylation sites (tertiary alicyclic amines) is 1. The second-order valence-electron chi connectivity index (χ2n) is 5.00. The van der Waals surface area contributed by atoms with Crippen LogP contribution in [0.4, 0.5) is 0 Å². The van der Waals surface area contributed by atoms with E-state index in [1.54, 1.807) is 17.0 Å². The van der Waals surface area contributed by atoms with Gasteiger partial charge in [-0.05, 0) is 19.1 Å². The maximum Gasteiger partial charge on any atom is 0.232 e. The molecule has 1 saturated heterocycles. The minimum atomic E-state index is -0.0721. The van der Waals surface area contributed by atoms with E-state index in [0.717, 1.165) is 5.69 Å². The van der Waals surface area contributed by atoms with Crippen LogP contribution in [0, 0.1) is 6.92 Å². The summed E-state index contributed by atoms with van der Waals surface area (Å²) in [6, 6.07) is 3.63. The summed E-state index contributed by atoms with van der Waals surface area (Å²) in [6.45, 7) is 6.62. The fourth-order valence-corrected chi connectivity index (χ4v) is 2.29. The summed E-state index contributed by atoms with van der Waals surface area (Å²) in [5, 5.41) is 11.9. The van der Waals surface area contributed by atoms with E-state index in [9.17, 15) is 4.79 Å². The number of carbonyl (C=O) groups is 1. The van der Waals surface area contributed by atoms with Crippen molar-refractivity contribution in [1.29, 1.82) is 0 Å². The van der Waals surface area contributed by atoms with E-state index >= 15 is 0 Å². The van der Waals surface area contributed by atoms with E-state index in [0.29, 0.717) is 36.9 Å². The fourth-order valence-electron chi connectivity index (χ4n) is 2.29. The van der Waals surface area contributed by atoms with Gasteiger partial charge in [0.25, 0.3) is 0 Å². The third kappa shape index (κ3) is 2.67. The average Bonchev–Trinajstić information content (AvgIpc) is 3.08. The highest BCUT2D eigenvalue weighted by atomic mass is 16.5. The van der Waals surface area contributed by atoms with Gasteiger partial charge in [0.2, 0.25) is 17.6 Å². The van der Waals surface area contributed by atoms with Crippen LogP contribution < -0.4 is 0 Å². The standard InChI is InChI=1S/C14H15N5O2/c1-3-6-19-8-10(7-12(19)20)14-15-13(18-21-14)11-5-4-9(2)16-17-11/h3-5,10H,1,6-8H2,2H3/t10-/m1/s1. The molecule has 2 aromatic heterocycles. The molecule has 1 amide bonds. The number of hydrogen-bond donors (Lipinski definition) is 0. The van der Waals surface area contributed by atoms with Crippen molar-refractivity contribution in [3.8, 4) is 11.5 Å². The maximum absolute atomic E-state index is 11.8. The molecule has 1 atom stereocenters. The SMILES string of the molecule is C=CCN1C[C@H](c2nc(-c3ccc(C)nn3)no2)CC1=O. The van der Waals surface area contributed by atoms with Crippen molar-refractivity contribution in [1.82, 2.24) is 25.2 Å². The van der Waals surface area contributed by atoms with Gasteiger partial charge in [0.15, 0.2) is 0 Å². The third-order valence-corrected chi connectivity index (χ3v) is 3.38. The van der Waals surface area contributed by atoms with Gasteiger partial charge < -0.3 is 9.42 Å². The monoisotopic (exact) mass is 285 g/mol. The summed E-state index contributed by atoms with van der Waals surface area (Å²) in [6.07, 6.45) is 2.09. The Kier molecular flexibility index (Phi) is 3.47. The molecule has 0 aliphatic carbocycles. The van der Waals surface area contributed by atoms with Crippen molar-refractivity contribution in [3.63, 3.8) is 0 Å². The molecule has 0 N–H and O–H groups in total. The van der Waals surface area contributed by atoms with Gasteiger partial charge in [0.05, 0.1) is 11.6 Å². The molecule has 1 aliphatic rings. The van der Waals surface area contributed by atoms with Gasteiger partial charge in [0, 0.05) is 19.5 Å². The van der Waals surface area contributed by atoms with Gasteiger partial charge >= 0.3 is 0 Å². The summed E-state index contributed by atoms with van der Waals surface area (Å²) < 4.78 is 5.27. The first-order valence-electron chi connectivity index (χ1n) is 6.70. The molecule has 3 heterocycles. The lowest BCUT2D eigenvalue weighted by atomic mass is 10.1. The molecule has 21 heavy (non-hydrogen) atoms. The first kappa shape index (κ1) is 13.4. The zero-order valence-electron chi connectivity index (χ0n) is 11.7. The molecule has 7 nitrogen and oxygen atoms in total. The summed E-state index contributed by atoms with van der Waals surface area (Å²) in [7, 11) is 0. The van der Waals surface area contributed by atoms with Crippen LogP contribution in [-0.2, 0) is 4.79 Å². The van der Waals surface area contributed by atoms with Crippen molar-refractivity contribution in [3.05, 3.63) is 36.4 Å². The minimum absolute atomic E-state index is 0.0721. The maximum atomic E-state index is 11.8. The van der Waals surface area contributed by atoms with Crippen LogP contribution in [0.3, 0.4) is 0 Å². The second-order valence-corrected chi connectivity index (χ2v) is 5.00. The van der Waals surface area contributed by atoms with Crippen LogP contribution in [0.25, 0.3) is 11.5 Å². The number of aromatic nitrogens is 4. The molecular formula is C14H15N5O2. The van der Waals surface area contributed by atoms with E-state index in [4.69, 9.17) is 4.52 Å². The molecule has 1 aliphatic heterocycles. The van der Waals surface area contributed by atoms with Gasteiger partial charge in [-0.15, -0.1) is 11.7 Å². The highest BCUT2D eigenvalue weighted by Crippen LogP contribution is 2.28. The van der Waals surface area contributed by atoms with E-state index in [1.165, 1.54) is 0 Å². The molecule has 0 aromatic carbocycles. The second kappa shape index (κ2) is 5.43. The molecule has 108 valence electrons. The molecular weight excluding hydrogens is 270 g/mol. The van der Waals surface area contributed by atoms with Crippen molar-refractivity contribution in [2.75, 3.05) is 13.1 Å². The molecule has 0 spiro atoms. The summed E-state index contributed by atoms with van der Waals surface area (Å²) in [4.78, 5) is 17.9. The lowest BCUT2D eigenvalue weighted by Gasteiger charge is -2.12. The first-order chi connectivity index (χ1) is 10.2. The summed E-state index contributed by atoms with van der Waals surface area (Å²) in [5.41, 5.74) is 1.38. The van der Waals surface area contributed by atoms with Crippen molar-refractivity contribution < 1.29 is 9.32 Å². The van der Waals surface area contributed by atoms with Crippen LogP contribution in [-0.4, -0.2) is 44.2 Å². The predicted molar refractivity (Wildman–Crippen MR) is 74.2 cm³/mol. The number of amides is 1. The van der Waals surface area contributed by atoms with Gasteiger partial charge in [-0.2, -0.15) is 10.1 Å². The van der Waals surface area contributed by atoms with Crippen molar-refractivity contribution >= 4 is 5.91 Å². The van der Waals surface area contributed by atoms with E-state index in [2.05, 4.69) is 26.9 Å². The Bertz CT molecular complexity index is 664. The molecule has 0 radical (unpaired) electrons. The largest absolute Gasteiger partial charge is 0.339 e. The number of aryl methyl sites for hydroxylation is 1.